The molecule has 1 aliphatic heterocycles. The molecule has 222 valence electrons. The van der Waals surface area contributed by atoms with E-state index in [1.807, 2.05) is 37.8 Å². The lowest BCUT2D eigenvalue weighted by Crippen LogP contribution is -2.42. The third-order valence-electron chi connectivity index (χ3n) is 7.60. The third kappa shape index (κ3) is 8.19. The van der Waals surface area contributed by atoms with E-state index in [9.17, 15) is 14.4 Å². The molecule has 1 saturated carbocycles. The van der Waals surface area contributed by atoms with Gasteiger partial charge in [0.05, 0.1) is 0 Å². The Bertz CT molecular complexity index is 1180. The molecule has 8 heteroatoms. The average molecular weight is 554 g/mol. The van der Waals surface area contributed by atoms with Gasteiger partial charge in [-0.15, -0.1) is 0 Å². The number of aromatic amines is 1. The zero-order valence-electron chi connectivity index (χ0n) is 25.8. The van der Waals surface area contributed by atoms with Crippen LogP contribution in [0.15, 0.2) is 23.0 Å². The molecule has 4 rings (SSSR count). The zero-order valence-corrected chi connectivity index (χ0v) is 25.8. The van der Waals surface area contributed by atoms with Crippen LogP contribution in [0.2, 0.25) is 0 Å². The van der Waals surface area contributed by atoms with Gasteiger partial charge in [-0.3, -0.25) is 14.4 Å². The molecule has 0 bridgehead atoms. The maximum atomic E-state index is 13.4. The van der Waals surface area contributed by atoms with Gasteiger partial charge in [0.2, 0.25) is 0 Å². The normalized spacial score (nSPS) is 14.7. The lowest BCUT2D eigenvalue weighted by molar-refractivity contribution is 0.0652. The van der Waals surface area contributed by atoms with Crippen molar-refractivity contribution >= 4 is 17.5 Å². The minimum Gasteiger partial charge on any atom is -0.369 e. The fourth-order valence-electron chi connectivity index (χ4n) is 5.44. The van der Waals surface area contributed by atoms with Crippen LogP contribution >= 0.6 is 0 Å². The van der Waals surface area contributed by atoms with E-state index in [1.54, 1.807) is 6.07 Å². The van der Waals surface area contributed by atoms with E-state index in [-0.39, 0.29) is 23.9 Å². The molecule has 0 radical (unpaired) electrons. The van der Waals surface area contributed by atoms with Gasteiger partial charge in [0.25, 0.3) is 17.4 Å². The van der Waals surface area contributed by atoms with E-state index >= 15 is 0 Å². The van der Waals surface area contributed by atoms with Crippen LogP contribution < -0.4 is 21.5 Å². The van der Waals surface area contributed by atoms with Crippen LogP contribution in [0.4, 0.5) is 5.69 Å². The van der Waals surface area contributed by atoms with Gasteiger partial charge in [-0.2, -0.15) is 0 Å². The molecule has 2 aromatic rings. The minimum absolute atomic E-state index is 0.0166. The summed E-state index contributed by atoms with van der Waals surface area (Å²) in [6, 6.07) is 6.05. The summed E-state index contributed by atoms with van der Waals surface area (Å²) < 4.78 is 0. The highest BCUT2D eigenvalue weighted by atomic mass is 16.2. The van der Waals surface area contributed by atoms with E-state index in [2.05, 4.69) is 41.7 Å². The molecule has 1 aliphatic carbocycles. The Kier molecular flexibility index (Phi) is 13.4. The van der Waals surface area contributed by atoms with Crippen molar-refractivity contribution in [3.05, 3.63) is 62.1 Å². The SMILES string of the molecule is CCC.CCN(c1cc(C(=O)N2CCC2)cc(C(=O)NCc2c(C)cc(C)[nH]c2=O)c1C)C1CCCCC1.CN. The first-order valence-corrected chi connectivity index (χ1v) is 15.0. The molecule has 1 aromatic carbocycles. The maximum absolute atomic E-state index is 13.4. The number of aryl methyl sites for hydroxylation is 2. The number of carbonyl (C=O) groups is 2. The number of anilines is 1. The molecular formula is C32H51N5O3. The Morgan fingerprint density at radius 3 is 2.15 bits per heavy atom. The van der Waals surface area contributed by atoms with Crippen molar-refractivity contribution in [2.24, 2.45) is 5.73 Å². The number of carbonyl (C=O) groups excluding carboxylic acids is 2. The summed E-state index contributed by atoms with van der Waals surface area (Å²) in [6.45, 7) is 14.6. The van der Waals surface area contributed by atoms with Crippen molar-refractivity contribution in [3.63, 3.8) is 0 Å². The van der Waals surface area contributed by atoms with Gasteiger partial charge in [-0.25, -0.2) is 0 Å². The average Bonchev–Trinajstić information content (AvgIpc) is 2.90. The van der Waals surface area contributed by atoms with E-state index in [4.69, 9.17) is 0 Å². The summed E-state index contributed by atoms with van der Waals surface area (Å²) >= 11 is 0. The predicted molar refractivity (Wildman–Crippen MR) is 165 cm³/mol. The van der Waals surface area contributed by atoms with Crippen LogP contribution in [0.25, 0.3) is 0 Å². The number of hydrogen-bond donors (Lipinski definition) is 3. The molecule has 0 spiro atoms. The highest BCUT2D eigenvalue weighted by Gasteiger charge is 2.28. The van der Waals surface area contributed by atoms with Crippen molar-refractivity contribution in [2.45, 2.75) is 99.1 Å². The summed E-state index contributed by atoms with van der Waals surface area (Å²) in [6.07, 6.45) is 8.23. The second kappa shape index (κ2) is 16.2. The Morgan fingerprint density at radius 2 is 1.62 bits per heavy atom. The number of nitrogens with one attached hydrogen (secondary N) is 2. The smallest absolute Gasteiger partial charge is 0.253 e. The van der Waals surface area contributed by atoms with Gasteiger partial charge in [-0.05, 0) is 83.3 Å². The van der Waals surface area contributed by atoms with Crippen molar-refractivity contribution < 1.29 is 9.59 Å². The second-order valence-electron chi connectivity index (χ2n) is 10.7. The number of rotatable bonds is 7. The summed E-state index contributed by atoms with van der Waals surface area (Å²) in [7, 11) is 1.50. The van der Waals surface area contributed by atoms with Crippen molar-refractivity contribution in [3.8, 4) is 0 Å². The number of benzene rings is 1. The first kappa shape index (κ1) is 33.1. The summed E-state index contributed by atoms with van der Waals surface area (Å²) in [5.74, 6) is -0.279. The fraction of sp³-hybridized carbons (Fsp3) is 0.594. The quantitative estimate of drug-likeness (QED) is 0.435. The molecule has 2 amide bonds. The lowest BCUT2D eigenvalue weighted by atomic mass is 9.92. The molecule has 0 atom stereocenters. The number of aromatic nitrogens is 1. The van der Waals surface area contributed by atoms with Gasteiger partial charge < -0.3 is 25.8 Å². The summed E-state index contributed by atoms with van der Waals surface area (Å²) in [5.41, 5.74) is 9.42. The molecule has 0 unspecified atom stereocenters. The Labute approximate surface area is 240 Å². The van der Waals surface area contributed by atoms with E-state index < -0.39 is 0 Å². The fourth-order valence-corrected chi connectivity index (χ4v) is 5.44. The van der Waals surface area contributed by atoms with E-state index in [0.717, 1.165) is 61.4 Å². The number of H-pyrrole nitrogens is 1. The molecule has 1 saturated heterocycles. The Morgan fingerprint density at radius 1 is 1.00 bits per heavy atom. The Balaban J connectivity index is 0.00000105. The number of likely N-dealkylation sites (tertiary alicyclic amines) is 1. The molecule has 4 N–H and O–H groups in total. The first-order chi connectivity index (χ1) is 19.2. The van der Waals surface area contributed by atoms with Crippen molar-refractivity contribution in [1.82, 2.24) is 15.2 Å². The Hall–Kier alpha value is -3.13. The van der Waals surface area contributed by atoms with E-state index in [1.165, 1.54) is 32.7 Å². The van der Waals surface area contributed by atoms with Crippen LogP contribution in [0, 0.1) is 20.8 Å². The van der Waals surface area contributed by atoms with Crippen molar-refractivity contribution in [1.29, 1.82) is 0 Å². The molecular weight excluding hydrogens is 502 g/mol. The standard InChI is InChI=1S/C28H38N4O3.C3H8.CH5N/c1-5-32(22-10-7-6-8-11-22)25-16-21(28(35)31-12-9-13-31)15-23(20(25)4)26(33)29-17-24-18(2)14-19(3)30-27(24)34;1-3-2;1-2/h14-16,22H,5-13,17H2,1-4H3,(H,29,33)(H,30,34);3H2,1-2H3;2H2,1H3. The van der Waals surface area contributed by atoms with Crippen molar-refractivity contribution in [2.75, 3.05) is 31.6 Å². The number of nitrogens with two attached hydrogens (primary N) is 1. The topological polar surface area (TPSA) is 112 Å². The highest BCUT2D eigenvalue weighted by Crippen LogP contribution is 2.33. The number of nitrogens with zero attached hydrogens (tertiary/aromatic N) is 2. The molecule has 2 fully saturated rings. The van der Waals surface area contributed by atoms with Gasteiger partial charge in [0.1, 0.15) is 0 Å². The number of hydrogen-bond acceptors (Lipinski definition) is 5. The first-order valence-electron chi connectivity index (χ1n) is 15.0. The predicted octanol–water partition coefficient (Wildman–Crippen LogP) is 5.23. The third-order valence-corrected chi connectivity index (χ3v) is 7.60. The minimum atomic E-state index is -0.263. The van der Waals surface area contributed by atoms with Gasteiger partial charge >= 0.3 is 0 Å². The molecule has 2 heterocycles. The molecule has 1 aromatic heterocycles. The van der Waals surface area contributed by atoms with Gasteiger partial charge in [0, 0.05) is 60.3 Å². The van der Waals surface area contributed by atoms with Crippen LogP contribution in [0.1, 0.15) is 109 Å². The number of amides is 2. The van der Waals surface area contributed by atoms with Gasteiger partial charge in [0.15, 0.2) is 0 Å². The monoisotopic (exact) mass is 553 g/mol. The lowest BCUT2D eigenvalue weighted by Gasteiger charge is -2.37. The summed E-state index contributed by atoms with van der Waals surface area (Å²) in [5, 5.41) is 2.94. The van der Waals surface area contributed by atoms with Gasteiger partial charge in [-0.1, -0.05) is 39.5 Å². The maximum Gasteiger partial charge on any atom is 0.253 e. The molecule has 40 heavy (non-hydrogen) atoms. The zero-order chi connectivity index (χ0) is 29.8. The van der Waals surface area contributed by atoms with Crippen LogP contribution in [-0.4, -0.2) is 54.4 Å². The largest absolute Gasteiger partial charge is 0.369 e. The van der Waals surface area contributed by atoms with Crippen LogP contribution in [0.5, 0.6) is 0 Å². The number of pyridine rings is 1. The van der Waals surface area contributed by atoms with Crippen LogP contribution in [0.3, 0.4) is 0 Å². The molecule has 8 nitrogen and oxygen atoms in total. The highest BCUT2D eigenvalue weighted by molar-refractivity contribution is 6.02. The summed E-state index contributed by atoms with van der Waals surface area (Å²) in [4.78, 5) is 46.1. The molecule has 2 aliphatic rings. The van der Waals surface area contributed by atoms with Crippen LogP contribution in [-0.2, 0) is 6.54 Å². The second-order valence-corrected chi connectivity index (χ2v) is 10.7. The van der Waals surface area contributed by atoms with E-state index in [0.29, 0.717) is 22.7 Å².